The Hall–Kier alpha value is -2.26. The van der Waals surface area contributed by atoms with E-state index in [4.69, 9.17) is 18.9 Å². The Kier molecular flexibility index (Phi) is 8.03. The molecule has 0 amide bonds. The highest BCUT2D eigenvalue weighted by atomic mass is 19.3. The summed E-state index contributed by atoms with van der Waals surface area (Å²) >= 11 is 0. The summed E-state index contributed by atoms with van der Waals surface area (Å²) in [6.07, 6.45) is 0.957. The van der Waals surface area contributed by atoms with Gasteiger partial charge in [0.1, 0.15) is 12.2 Å². The second-order valence-electron chi connectivity index (χ2n) is 8.54. The van der Waals surface area contributed by atoms with E-state index in [1.165, 1.54) is 0 Å². The minimum absolute atomic E-state index is 0.119. The van der Waals surface area contributed by atoms with E-state index >= 15 is 0 Å². The lowest BCUT2D eigenvalue weighted by molar-refractivity contribution is 0.00470. The van der Waals surface area contributed by atoms with Gasteiger partial charge in [0.2, 0.25) is 0 Å². The Labute approximate surface area is 196 Å². The molecule has 0 N–H and O–H groups in total. The molecule has 0 aliphatic heterocycles. The van der Waals surface area contributed by atoms with Crippen LogP contribution in [0.3, 0.4) is 0 Å². The van der Waals surface area contributed by atoms with Crippen molar-refractivity contribution in [1.29, 1.82) is 0 Å². The molecule has 0 unspecified atom stereocenters. The van der Waals surface area contributed by atoms with E-state index in [1.54, 1.807) is 12.2 Å². The van der Waals surface area contributed by atoms with Gasteiger partial charge in [0.25, 0.3) is 11.8 Å². The van der Waals surface area contributed by atoms with Crippen molar-refractivity contribution in [3.63, 3.8) is 0 Å². The van der Waals surface area contributed by atoms with Crippen molar-refractivity contribution in [3.8, 4) is 0 Å². The number of hydrogen-bond acceptors (Lipinski definition) is 4. The van der Waals surface area contributed by atoms with E-state index in [-0.39, 0.29) is 39.6 Å². The number of hydrogen-bond donors (Lipinski definition) is 0. The summed E-state index contributed by atoms with van der Waals surface area (Å²) in [5, 5.41) is 0. The highest BCUT2D eigenvalue weighted by Gasteiger charge is 2.70. The molecule has 2 aromatic rings. The van der Waals surface area contributed by atoms with Crippen LogP contribution in [-0.4, -0.2) is 50.5 Å². The summed E-state index contributed by atoms with van der Waals surface area (Å²) in [6, 6.07) is 18.3. The normalized spacial score (nSPS) is 26.6. The number of benzene rings is 2. The first-order valence-corrected chi connectivity index (χ1v) is 11.3. The van der Waals surface area contributed by atoms with Gasteiger partial charge in [-0.2, -0.15) is 0 Å². The second-order valence-corrected chi connectivity index (χ2v) is 8.54. The molecule has 2 aliphatic carbocycles. The van der Waals surface area contributed by atoms with Crippen molar-refractivity contribution in [1.82, 2.24) is 0 Å². The molecule has 0 bridgehead atoms. The summed E-state index contributed by atoms with van der Waals surface area (Å²) in [7, 11) is 0. The first kappa shape index (κ1) is 24.9. The summed E-state index contributed by atoms with van der Waals surface area (Å²) < 4.78 is 76.7. The van der Waals surface area contributed by atoms with E-state index in [1.807, 2.05) is 60.7 Å². The Morgan fingerprint density at radius 1 is 0.618 bits per heavy atom. The summed E-state index contributed by atoms with van der Waals surface area (Å²) in [4.78, 5) is 0. The van der Waals surface area contributed by atoms with Crippen molar-refractivity contribution in [3.05, 3.63) is 83.9 Å². The monoisotopic (exact) mass is 480 g/mol. The Balaban J connectivity index is 1.05. The van der Waals surface area contributed by atoms with Crippen LogP contribution in [0.4, 0.5) is 17.6 Å². The zero-order valence-corrected chi connectivity index (χ0v) is 18.6. The Bertz CT molecular complexity index is 847. The van der Waals surface area contributed by atoms with Gasteiger partial charge in [0.05, 0.1) is 51.5 Å². The molecule has 0 heterocycles. The van der Waals surface area contributed by atoms with Gasteiger partial charge in [0, 0.05) is 0 Å². The maximum Gasteiger partial charge on any atom is 0.281 e. The molecule has 4 rings (SSSR count). The lowest BCUT2D eigenvalue weighted by atomic mass is 10.2. The number of halogens is 4. The SMILES string of the molecule is FC1(F)[C@H](COC/C=C/COC[C@@H]2[C@@H](OCc3ccccc3)C2(F)F)[C@H]1OCc1ccccc1. The van der Waals surface area contributed by atoms with Gasteiger partial charge in [-0.3, -0.25) is 0 Å². The topological polar surface area (TPSA) is 36.9 Å². The molecule has 34 heavy (non-hydrogen) atoms. The van der Waals surface area contributed by atoms with Crippen molar-refractivity contribution >= 4 is 0 Å². The molecular weight excluding hydrogens is 452 g/mol. The standard InChI is InChI=1S/C26H28F4O4/c27-25(28)21(23(25)33-15-19-9-3-1-4-10-19)17-31-13-7-8-14-32-18-22-24(26(22,29)30)34-16-20-11-5-2-6-12-20/h1-12,21-24H,13-18H2/b8-7+/t21-,22-,23-,24-/m1/s1. The van der Waals surface area contributed by atoms with Crippen molar-refractivity contribution < 1.29 is 36.5 Å². The van der Waals surface area contributed by atoms with Gasteiger partial charge in [-0.15, -0.1) is 0 Å². The van der Waals surface area contributed by atoms with Gasteiger partial charge in [-0.05, 0) is 11.1 Å². The van der Waals surface area contributed by atoms with Crippen LogP contribution in [0, 0.1) is 11.8 Å². The van der Waals surface area contributed by atoms with Crippen molar-refractivity contribution in [2.45, 2.75) is 37.3 Å². The third-order valence-electron chi connectivity index (χ3n) is 5.99. The summed E-state index contributed by atoms with van der Waals surface area (Å²) in [6.45, 7) is 0.284. The van der Waals surface area contributed by atoms with Crippen molar-refractivity contribution in [2.75, 3.05) is 26.4 Å². The smallest absolute Gasteiger partial charge is 0.281 e. The molecule has 4 nitrogen and oxygen atoms in total. The molecule has 2 aromatic carbocycles. The van der Waals surface area contributed by atoms with E-state index in [9.17, 15) is 17.6 Å². The molecule has 0 spiro atoms. The third kappa shape index (κ3) is 6.24. The molecule has 2 aliphatic rings. The highest BCUT2D eigenvalue weighted by molar-refractivity contribution is 5.16. The predicted molar refractivity (Wildman–Crippen MR) is 118 cm³/mol. The second kappa shape index (κ2) is 11.0. The Morgan fingerprint density at radius 3 is 1.38 bits per heavy atom. The number of ether oxygens (including phenoxy) is 4. The maximum atomic E-state index is 13.9. The van der Waals surface area contributed by atoms with Gasteiger partial charge in [-0.25, -0.2) is 17.6 Å². The molecule has 0 aromatic heterocycles. The van der Waals surface area contributed by atoms with E-state index in [0.717, 1.165) is 11.1 Å². The summed E-state index contributed by atoms with van der Waals surface area (Å²) in [5.41, 5.74) is 1.68. The molecule has 8 heteroatoms. The maximum absolute atomic E-state index is 13.9. The van der Waals surface area contributed by atoms with Crippen LogP contribution in [-0.2, 0) is 32.2 Å². The van der Waals surface area contributed by atoms with Crippen LogP contribution in [0.25, 0.3) is 0 Å². The van der Waals surface area contributed by atoms with E-state index < -0.39 is 35.9 Å². The lowest BCUT2D eigenvalue weighted by Gasteiger charge is -2.03. The first-order chi connectivity index (χ1) is 16.4. The fourth-order valence-electron chi connectivity index (χ4n) is 3.75. The van der Waals surface area contributed by atoms with Crippen LogP contribution < -0.4 is 0 Å². The van der Waals surface area contributed by atoms with Crippen LogP contribution in [0.2, 0.25) is 0 Å². The largest absolute Gasteiger partial charge is 0.377 e. The number of alkyl halides is 4. The highest BCUT2D eigenvalue weighted by Crippen LogP contribution is 2.52. The average Bonchev–Trinajstić information content (AvgIpc) is 3.59. The summed E-state index contributed by atoms with van der Waals surface area (Å²) in [5.74, 6) is -7.72. The predicted octanol–water partition coefficient (Wildman–Crippen LogP) is 5.28. The quantitative estimate of drug-likeness (QED) is 0.210. The minimum atomic E-state index is -2.89. The molecule has 184 valence electrons. The fourth-order valence-corrected chi connectivity index (χ4v) is 3.75. The van der Waals surface area contributed by atoms with Gasteiger partial charge < -0.3 is 18.9 Å². The minimum Gasteiger partial charge on any atom is -0.377 e. The van der Waals surface area contributed by atoms with Crippen LogP contribution in [0.15, 0.2) is 72.8 Å². The molecular formula is C26H28F4O4. The van der Waals surface area contributed by atoms with Crippen molar-refractivity contribution in [2.24, 2.45) is 11.8 Å². The molecule has 0 radical (unpaired) electrons. The molecule has 2 fully saturated rings. The van der Waals surface area contributed by atoms with Gasteiger partial charge in [-0.1, -0.05) is 72.8 Å². The molecule has 2 saturated carbocycles. The van der Waals surface area contributed by atoms with Gasteiger partial charge in [0.15, 0.2) is 0 Å². The van der Waals surface area contributed by atoms with Gasteiger partial charge >= 0.3 is 0 Å². The van der Waals surface area contributed by atoms with Crippen LogP contribution in [0.1, 0.15) is 11.1 Å². The third-order valence-corrected chi connectivity index (χ3v) is 5.99. The van der Waals surface area contributed by atoms with E-state index in [0.29, 0.717) is 0 Å². The lowest BCUT2D eigenvalue weighted by Crippen LogP contribution is -2.04. The first-order valence-electron chi connectivity index (χ1n) is 11.3. The fraction of sp³-hybridized carbons (Fsp3) is 0.462. The van der Waals surface area contributed by atoms with Crippen LogP contribution >= 0.6 is 0 Å². The van der Waals surface area contributed by atoms with E-state index in [2.05, 4.69) is 0 Å². The average molecular weight is 480 g/mol. The molecule has 4 atom stereocenters. The zero-order chi connectivity index (χ0) is 24.0. The number of rotatable bonds is 14. The van der Waals surface area contributed by atoms with Crippen LogP contribution in [0.5, 0.6) is 0 Å². The molecule has 0 saturated heterocycles. The zero-order valence-electron chi connectivity index (χ0n) is 18.6. The Morgan fingerprint density at radius 2 is 1.00 bits per heavy atom.